The van der Waals surface area contributed by atoms with E-state index in [1.54, 1.807) is 48.0 Å². The molecule has 9 heteroatoms. The molecule has 0 saturated heterocycles. The highest BCUT2D eigenvalue weighted by molar-refractivity contribution is 6.33. The van der Waals surface area contributed by atoms with Crippen LogP contribution in [0.5, 0.6) is 0 Å². The number of furan rings is 1. The first-order valence-electron chi connectivity index (χ1n) is 9.94. The first kappa shape index (κ1) is 21.6. The number of fused-ring (bicyclic) bond motifs is 1. The molecule has 3 heterocycles. The van der Waals surface area contributed by atoms with Crippen molar-refractivity contribution in [3.8, 4) is 5.82 Å². The summed E-state index contributed by atoms with van der Waals surface area (Å²) < 4.78 is 17.8. The maximum Gasteiger partial charge on any atom is 0.374 e. The highest BCUT2D eigenvalue weighted by Crippen LogP contribution is 2.28. The highest BCUT2D eigenvalue weighted by atomic mass is 35.5. The molecule has 0 amide bonds. The van der Waals surface area contributed by atoms with Crippen LogP contribution in [-0.2, 0) is 16.1 Å². The Balaban J connectivity index is 1.63. The molecule has 0 saturated carbocycles. The minimum Gasteiger partial charge on any atom is -0.460 e. The molecule has 0 bridgehead atoms. The zero-order chi connectivity index (χ0) is 22.8. The summed E-state index contributed by atoms with van der Waals surface area (Å²) in [5.74, 6) is -0.930. The molecule has 0 radical (unpaired) electrons. The van der Waals surface area contributed by atoms with Crippen molar-refractivity contribution < 1.29 is 23.5 Å². The van der Waals surface area contributed by atoms with Crippen LogP contribution < -0.4 is 0 Å². The van der Waals surface area contributed by atoms with Crippen molar-refractivity contribution in [1.29, 1.82) is 0 Å². The average molecular weight is 454 g/mol. The third-order valence-electron chi connectivity index (χ3n) is 4.76. The van der Waals surface area contributed by atoms with Crippen LogP contribution >= 0.6 is 11.6 Å². The quantitative estimate of drug-likeness (QED) is 0.386. The summed E-state index contributed by atoms with van der Waals surface area (Å²) >= 11 is 6.22. The van der Waals surface area contributed by atoms with Gasteiger partial charge in [0, 0.05) is 11.1 Å². The van der Waals surface area contributed by atoms with E-state index in [9.17, 15) is 9.59 Å². The second-order valence-electron chi connectivity index (χ2n) is 7.04. The number of carbonyl (C=O) groups excluding carboxylic acids is 2. The molecule has 0 aliphatic heterocycles. The molecular weight excluding hydrogens is 434 g/mol. The second-order valence-corrected chi connectivity index (χ2v) is 7.45. The fourth-order valence-corrected chi connectivity index (χ4v) is 3.55. The number of esters is 2. The number of halogens is 1. The number of aromatic nitrogens is 3. The van der Waals surface area contributed by atoms with Crippen LogP contribution in [-0.4, -0.2) is 33.3 Å². The van der Waals surface area contributed by atoms with Crippen molar-refractivity contribution >= 4 is 34.5 Å². The van der Waals surface area contributed by atoms with Gasteiger partial charge in [-0.25, -0.2) is 19.3 Å². The lowest BCUT2D eigenvalue weighted by Crippen LogP contribution is -2.13. The van der Waals surface area contributed by atoms with Gasteiger partial charge >= 0.3 is 11.9 Å². The summed E-state index contributed by atoms with van der Waals surface area (Å²) in [4.78, 5) is 29.5. The van der Waals surface area contributed by atoms with E-state index in [4.69, 9.17) is 25.5 Å². The van der Waals surface area contributed by atoms with Gasteiger partial charge < -0.3 is 13.9 Å². The SMILES string of the molecule is CCOC(=O)c1oc2ccccc2c1COC(=O)c1nc(-n2nc(C)cc2C)ccc1Cl. The van der Waals surface area contributed by atoms with Gasteiger partial charge in [-0.2, -0.15) is 5.10 Å². The Kier molecular flexibility index (Phi) is 5.96. The Morgan fingerprint density at radius 1 is 1.09 bits per heavy atom. The summed E-state index contributed by atoms with van der Waals surface area (Å²) in [6.07, 6.45) is 0. The molecule has 0 unspecified atom stereocenters. The Morgan fingerprint density at radius 3 is 2.59 bits per heavy atom. The van der Waals surface area contributed by atoms with Gasteiger partial charge in [0.05, 0.1) is 22.9 Å². The predicted molar refractivity (Wildman–Crippen MR) is 117 cm³/mol. The van der Waals surface area contributed by atoms with Gasteiger partial charge in [-0.3, -0.25) is 0 Å². The van der Waals surface area contributed by atoms with Gasteiger partial charge in [0.15, 0.2) is 11.5 Å². The average Bonchev–Trinajstić information content (AvgIpc) is 3.31. The Morgan fingerprint density at radius 2 is 1.88 bits per heavy atom. The van der Waals surface area contributed by atoms with Gasteiger partial charge in [0.2, 0.25) is 5.76 Å². The van der Waals surface area contributed by atoms with E-state index in [0.29, 0.717) is 22.4 Å². The molecule has 0 atom stereocenters. The Bertz CT molecular complexity index is 1320. The van der Waals surface area contributed by atoms with E-state index < -0.39 is 11.9 Å². The summed E-state index contributed by atoms with van der Waals surface area (Å²) in [6, 6.07) is 12.2. The van der Waals surface area contributed by atoms with Gasteiger partial charge in [-0.1, -0.05) is 29.8 Å². The number of pyridine rings is 1. The van der Waals surface area contributed by atoms with Crippen LogP contribution in [0.25, 0.3) is 16.8 Å². The lowest BCUT2D eigenvalue weighted by Gasteiger charge is -2.09. The number of carbonyl (C=O) groups is 2. The van der Waals surface area contributed by atoms with Crippen molar-refractivity contribution in [1.82, 2.24) is 14.8 Å². The van der Waals surface area contributed by atoms with Crippen molar-refractivity contribution in [3.05, 3.63) is 75.9 Å². The summed E-state index contributed by atoms with van der Waals surface area (Å²) in [7, 11) is 0. The molecule has 4 rings (SSSR count). The van der Waals surface area contributed by atoms with E-state index in [2.05, 4.69) is 10.1 Å². The Hall–Kier alpha value is -3.65. The molecule has 0 fully saturated rings. The first-order valence-corrected chi connectivity index (χ1v) is 10.3. The fourth-order valence-electron chi connectivity index (χ4n) is 3.36. The number of para-hydroxylation sites is 1. The lowest BCUT2D eigenvalue weighted by atomic mass is 10.1. The molecule has 0 N–H and O–H groups in total. The normalized spacial score (nSPS) is 11.0. The number of benzene rings is 1. The zero-order valence-corrected chi connectivity index (χ0v) is 18.5. The minimum absolute atomic E-state index is 0.00343. The maximum absolute atomic E-state index is 12.8. The number of hydrogen-bond acceptors (Lipinski definition) is 7. The largest absolute Gasteiger partial charge is 0.460 e. The topological polar surface area (TPSA) is 96.5 Å². The third-order valence-corrected chi connectivity index (χ3v) is 5.06. The summed E-state index contributed by atoms with van der Waals surface area (Å²) in [5, 5.41) is 5.17. The number of rotatable bonds is 6. The smallest absolute Gasteiger partial charge is 0.374 e. The molecule has 8 nitrogen and oxygen atoms in total. The molecule has 1 aromatic carbocycles. The monoisotopic (exact) mass is 453 g/mol. The molecule has 32 heavy (non-hydrogen) atoms. The standard InChI is InChI=1S/C23H20ClN3O5/c1-4-30-23(29)21-16(15-7-5-6-8-18(15)32-21)12-31-22(28)20-17(24)9-10-19(25-20)27-14(3)11-13(2)26-27/h5-11H,4,12H2,1-3H3. The van der Waals surface area contributed by atoms with Gasteiger partial charge in [0.25, 0.3) is 0 Å². The summed E-state index contributed by atoms with van der Waals surface area (Å²) in [6.45, 7) is 5.42. The van der Waals surface area contributed by atoms with Gasteiger partial charge in [-0.15, -0.1) is 0 Å². The lowest BCUT2D eigenvalue weighted by molar-refractivity contribution is 0.0431. The van der Waals surface area contributed by atoms with Crippen LogP contribution in [0.4, 0.5) is 0 Å². The van der Waals surface area contributed by atoms with E-state index in [-0.39, 0.29) is 29.7 Å². The molecule has 0 aliphatic rings. The number of hydrogen-bond donors (Lipinski definition) is 0. The second kappa shape index (κ2) is 8.84. The Labute approximate surface area is 188 Å². The van der Waals surface area contributed by atoms with Crippen LogP contribution in [0.15, 0.2) is 46.9 Å². The molecule has 3 aromatic heterocycles. The van der Waals surface area contributed by atoms with Crippen LogP contribution in [0.3, 0.4) is 0 Å². The van der Waals surface area contributed by atoms with Crippen molar-refractivity contribution in [2.45, 2.75) is 27.4 Å². The number of aryl methyl sites for hydroxylation is 2. The van der Waals surface area contributed by atoms with Crippen LogP contribution in [0.1, 0.15) is 44.9 Å². The van der Waals surface area contributed by atoms with Gasteiger partial charge in [0.1, 0.15) is 12.2 Å². The van der Waals surface area contributed by atoms with E-state index in [1.807, 2.05) is 19.9 Å². The summed E-state index contributed by atoms with van der Waals surface area (Å²) in [5.41, 5.74) is 2.53. The third kappa shape index (κ3) is 4.09. The van der Waals surface area contributed by atoms with E-state index >= 15 is 0 Å². The van der Waals surface area contributed by atoms with Crippen molar-refractivity contribution in [3.63, 3.8) is 0 Å². The number of nitrogens with zero attached hydrogens (tertiary/aromatic N) is 3. The van der Waals surface area contributed by atoms with Crippen molar-refractivity contribution in [2.75, 3.05) is 6.61 Å². The van der Waals surface area contributed by atoms with Gasteiger partial charge in [-0.05, 0) is 45.0 Å². The van der Waals surface area contributed by atoms with E-state index in [1.165, 1.54) is 0 Å². The zero-order valence-electron chi connectivity index (χ0n) is 17.7. The molecule has 0 spiro atoms. The van der Waals surface area contributed by atoms with Crippen LogP contribution in [0.2, 0.25) is 5.02 Å². The highest BCUT2D eigenvalue weighted by Gasteiger charge is 2.24. The molecule has 4 aromatic rings. The fraction of sp³-hybridized carbons (Fsp3) is 0.217. The van der Waals surface area contributed by atoms with E-state index in [0.717, 1.165) is 11.4 Å². The molecule has 0 aliphatic carbocycles. The van der Waals surface area contributed by atoms with Crippen molar-refractivity contribution in [2.24, 2.45) is 0 Å². The minimum atomic E-state index is -0.738. The first-order chi connectivity index (χ1) is 15.4. The molecule has 164 valence electrons. The maximum atomic E-state index is 12.8. The molecular formula is C23H20ClN3O5. The van der Waals surface area contributed by atoms with Crippen LogP contribution in [0, 0.1) is 13.8 Å². The predicted octanol–water partition coefficient (Wildman–Crippen LogP) is 4.82. The number of ether oxygens (including phenoxy) is 2.